The molecule has 0 aliphatic heterocycles. The molecule has 0 heterocycles. The Bertz CT molecular complexity index is 959. The average molecular weight is 409 g/mol. The molecule has 3 aromatic rings. The van der Waals surface area contributed by atoms with Gasteiger partial charge in [-0.1, -0.05) is 66.2 Å². The number of carbonyl (C=O) groups excluding carboxylic acids is 1. The van der Waals surface area contributed by atoms with E-state index in [-0.39, 0.29) is 5.91 Å². The SMILES string of the molecule is CO[C@H](C(=O)N/N=C\c1ccccc1OCc1ccc(Cl)cc1)c1ccccc1. The summed E-state index contributed by atoms with van der Waals surface area (Å²) in [4.78, 5) is 12.4. The van der Waals surface area contributed by atoms with Gasteiger partial charge in [0.15, 0.2) is 6.10 Å². The minimum absolute atomic E-state index is 0.352. The van der Waals surface area contributed by atoms with Gasteiger partial charge >= 0.3 is 0 Å². The van der Waals surface area contributed by atoms with E-state index in [1.54, 1.807) is 6.21 Å². The summed E-state index contributed by atoms with van der Waals surface area (Å²) in [6, 6.07) is 24.2. The lowest BCUT2D eigenvalue weighted by Crippen LogP contribution is -2.26. The largest absolute Gasteiger partial charge is 0.488 e. The van der Waals surface area contributed by atoms with Crippen molar-refractivity contribution in [3.8, 4) is 5.75 Å². The number of ether oxygens (including phenoxy) is 2. The van der Waals surface area contributed by atoms with Crippen LogP contribution in [0, 0.1) is 0 Å². The van der Waals surface area contributed by atoms with Gasteiger partial charge in [0.2, 0.25) is 0 Å². The van der Waals surface area contributed by atoms with Crippen molar-refractivity contribution in [3.05, 3.63) is 101 Å². The topological polar surface area (TPSA) is 59.9 Å². The first kappa shape index (κ1) is 20.6. The predicted molar refractivity (Wildman–Crippen MR) is 114 cm³/mol. The summed E-state index contributed by atoms with van der Waals surface area (Å²) in [5.41, 5.74) is 5.03. The summed E-state index contributed by atoms with van der Waals surface area (Å²) < 4.78 is 11.2. The lowest BCUT2D eigenvalue weighted by Gasteiger charge is -2.13. The van der Waals surface area contributed by atoms with Crippen molar-refractivity contribution < 1.29 is 14.3 Å². The third-order valence-corrected chi connectivity index (χ3v) is 4.43. The molecular formula is C23H21ClN2O3. The van der Waals surface area contributed by atoms with E-state index in [1.165, 1.54) is 7.11 Å². The fourth-order valence-corrected chi connectivity index (χ4v) is 2.83. The molecule has 0 radical (unpaired) electrons. The molecule has 148 valence electrons. The molecule has 0 spiro atoms. The van der Waals surface area contributed by atoms with Crippen LogP contribution in [0.5, 0.6) is 5.75 Å². The number of hydrogen-bond acceptors (Lipinski definition) is 4. The Labute approximate surface area is 174 Å². The lowest BCUT2D eigenvalue weighted by molar-refractivity contribution is -0.131. The van der Waals surface area contributed by atoms with Gasteiger partial charge in [-0.15, -0.1) is 0 Å². The highest BCUT2D eigenvalue weighted by molar-refractivity contribution is 6.30. The second-order valence-electron chi connectivity index (χ2n) is 6.21. The van der Waals surface area contributed by atoms with Crippen LogP contribution >= 0.6 is 11.6 Å². The second-order valence-corrected chi connectivity index (χ2v) is 6.65. The van der Waals surface area contributed by atoms with Crippen molar-refractivity contribution in [1.29, 1.82) is 0 Å². The molecule has 5 nitrogen and oxygen atoms in total. The number of rotatable bonds is 8. The van der Waals surface area contributed by atoms with Crippen molar-refractivity contribution in [1.82, 2.24) is 5.43 Å². The lowest BCUT2D eigenvalue weighted by atomic mass is 10.1. The van der Waals surface area contributed by atoms with Crippen molar-refractivity contribution >= 4 is 23.7 Å². The van der Waals surface area contributed by atoms with E-state index in [9.17, 15) is 4.79 Å². The third kappa shape index (κ3) is 5.91. The van der Waals surface area contributed by atoms with Gasteiger partial charge in [-0.3, -0.25) is 4.79 Å². The van der Waals surface area contributed by atoms with E-state index in [0.717, 1.165) is 16.7 Å². The Morgan fingerprint density at radius 3 is 2.45 bits per heavy atom. The first-order chi connectivity index (χ1) is 14.2. The molecule has 0 aliphatic carbocycles. The molecular weight excluding hydrogens is 388 g/mol. The first-order valence-electron chi connectivity index (χ1n) is 9.04. The number of nitrogens with one attached hydrogen (secondary N) is 1. The zero-order valence-electron chi connectivity index (χ0n) is 15.9. The molecule has 0 fully saturated rings. The van der Waals surface area contributed by atoms with Crippen molar-refractivity contribution in [2.24, 2.45) is 5.10 Å². The van der Waals surface area contributed by atoms with Crippen LogP contribution in [0.1, 0.15) is 22.8 Å². The average Bonchev–Trinajstić information content (AvgIpc) is 2.75. The van der Waals surface area contributed by atoms with Gasteiger partial charge in [0.1, 0.15) is 12.4 Å². The number of amides is 1. The van der Waals surface area contributed by atoms with Gasteiger partial charge < -0.3 is 9.47 Å². The van der Waals surface area contributed by atoms with Gasteiger partial charge in [0.25, 0.3) is 5.91 Å². The number of methoxy groups -OCH3 is 1. The third-order valence-electron chi connectivity index (χ3n) is 4.18. The summed E-state index contributed by atoms with van der Waals surface area (Å²) in [6.45, 7) is 0.397. The highest BCUT2D eigenvalue weighted by atomic mass is 35.5. The standard InChI is InChI=1S/C23H21ClN2O3/c1-28-22(18-7-3-2-4-8-18)23(27)26-25-15-19-9-5-6-10-21(19)29-16-17-11-13-20(24)14-12-17/h2-15,22H,16H2,1H3,(H,26,27)/b25-15-/t22-/m0/s1. The highest BCUT2D eigenvalue weighted by Gasteiger charge is 2.19. The van der Waals surface area contributed by atoms with Crippen molar-refractivity contribution in [2.45, 2.75) is 12.7 Å². The maximum atomic E-state index is 12.4. The van der Waals surface area contributed by atoms with Gasteiger partial charge in [-0.25, -0.2) is 5.43 Å². The maximum absolute atomic E-state index is 12.4. The van der Waals surface area contributed by atoms with Crippen molar-refractivity contribution in [2.75, 3.05) is 7.11 Å². The van der Waals surface area contributed by atoms with Crippen LogP contribution in [0.15, 0.2) is 84.0 Å². The molecule has 0 saturated carbocycles. The summed E-state index contributed by atoms with van der Waals surface area (Å²) in [7, 11) is 1.49. The van der Waals surface area contributed by atoms with Crippen LogP contribution in [-0.2, 0) is 16.1 Å². The summed E-state index contributed by atoms with van der Waals surface area (Å²) >= 11 is 5.91. The van der Waals surface area contributed by atoms with Crippen LogP contribution in [0.25, 0.3) is 0 Å². The Hall–Kier alpha value is -3.15. The van der Waals surface area contributed by atoms with Gasteiger partial charge in [0.05, 0.1) is 6.21 Å². The molecule has 1 N–H and O–H groups in total. The van der Waals surface area contributed by atoms with E-state index in [4.69, 9.17) is 21.1 Å². The highest BCUT2D eigenvalue weighted by Crippen LogP contribution is 2.19. The number of nitrogens with zero attached hydrogens (tertiary/aromatic N) is 1. The van der Waals surface area contributed by atoms with Gasteiger partial charge in [-0.2, -0.15) is 5.10 Å². The quantitative estimate of drug-likeness (QED) is 0.432. The molecule has 3 aromatic carbocycles. The minimum atomic E-state index is -0.732. The monoisotopic (exact) mass is 408 g/mol. The number of halogens is 1. The van der Waals surface area contributed by atoms with E-state index in [2.05, 4.69) is 10.5 Å². The molecule has 6 heteroatoms. The molecule has 0 saturated heterocycles. The molecule has 1 amide bonds. The van der Waals surface area contributed by atoms with E-state index >= 15 is 0 Å². The fourth-order valence-electron chi connectivity index (χ4n) is 2.71. The molecule has 0 aliphatic rings. The van der Waals surface area contributed by atoms with Crippen LogP contribution in [0.4, 0.5) is 0 Å². The molecule has 0 bridgehead atoms. The van der Waals surface area contributed by atoms with Crippen LogP contribution in [-0.4, -0.2) is 19.2 Å². The Balaban J connectivity index is 1.63. The van der Waals surface area contributed by atoms with Gasteiger partial charge in [0, 0.05) is 17.7 Å². The maximum Gasteiger partial charge on any atom is 0.273 e. The number of carbonyl (C=O) groups is 1. The van der Waals surface area contributed by atoms with Crippen LogP contribution in [0.3, 0.4) is 0 Å². The predicted octanol–water partition coefficient (Wildman–Crippen LogP) is 4.76. The number of benzene rings is 3. The second kappa shape index (κ2) is 10.4. The molecule has 3 rings (SSSR count). The zero-order valence-corrected chi connectivity index (χ0v) is 16.7. The van der Waals surface area contributed by atoms with Crippen LogP contribution < -0.4 is 10.2 Å². The summed E-state index contributed by atoms with van der Waals surface area (Å²) in [6.07, 6.45) is 0.817. The first-order valence-corrected chi connectivity index (χ1v) is 9.42. The molecule has 1 atom stereocenters. The van der Waals surface area contributed by atoms with E-state index in [0.29, 0.717) is 17.4 Å². The summed E-state index contributed by atoms with van der Waals surface area (Å²) in [5.74, 6) is 0.307. The number of hydrazone groups is 1. The summed E-state index contributed by atoms with van der Waals surface area (Å²) in [5, 5.41) is 4.74. The molecule has 29 heavy (non-hydrogen) atoms. The number of para-hydroxylation sites is 1. The normalized spacial score (nSPS) is 11.9. The Kier molecular flexibility index (Phi) is 7.39. The number of hydrogen-bond donors (Lipinski definition) is 1. The fraction of sp³-hybridized carbons (Fsp3) is 0.130. The van der Waals surface area contributed by atoms with Gasteiger partial charge in [-0.05, 0) is 35.4 Å². The van der Waals surface area contributed by atoms with Crippen molar-refractivity contribution in [3.63, 3.8) is 0 Å². The minimum Gasteiger partial charge on any atom is -0.488 e. The van der Waals surface area contributed by atoms with E-state index in [1.807, 2.05) is 78.9 Å². The van der Waals surface area contributed by atoms with Crippen LogP contribution in [0.2, 0.25) is 5.02 Å². The molecule has 0 unspecified atom stereocenters. The Morgan fingerprint density at radius 2 is 1.72 bits per heavy atom. The Morgan fingerprint density at radius 1 is 1.03 bits per heavy atom. The zero-order chi connectivity index (χ0) is 20.5. The van der Waals surface area contributed by atoms with E-state index < -0.39 is 6.10 Å². The smallest absolute Gasteiger partial charge is 0.273 e. The molecule has 0 aromatic heterocycles.